The summed E-state index contributed by atoms with van der Waals surface area (Å²) in [5.41, 5.74) is 1.48. The van der Waals surface area contributed by atoms with Crippen molar-refractivity contribution in [1.82, 2.24) is 4.90 Å². The van der Waals surface area contributed by atoms with E-state index in [9.17, 15) is 4.79 Å². The number of amides is 1. The molecule has 0 unspecified atom stereocenters. The van der Waals surface area contributed by atoms with E-state index < -0.39 is 5.60 Å². The number of β-amino-alcohol motifs (C(OH)–C–C–N with tert-alkyl or cyclic N) is 1. The molecule has 0 aliphatic carbocycles. The summed E-state index contributed by atoms with van der Waals surface area (Å²) in [5, 5.41) is 26.0. The zero-order chi connectivity index (χ0) is 21.0. The molecule has 162 valence electrons. The van der Waals surface area contributed by atoms with Crippen LogP contribution in [-0.2, 0) is 18.0 Å². The molecule has 0 bridgehead atoms. The van der Waals surface area contributed by atoms with E-state index in [-0.39, 0.29) is 30.9 Å². The predicted octanol–water partition coefficient (Wildman–Crippen LogP) is 2.13. The minimum atomic E-state index is -0.447. The maximum absolute atomic E-state index is 11.2. The van der Waals surface area contributed by atoms with Gasteiger partial charge >= 0.3 is 6.09 Å². The van der Waals surface area contributed by atoms with E-state index >= 15 is 0 Å². The van der Waals surface area contributed by atoms with Gasteiger partial charge in [-0.15, -0.1) is 0 Å². The molecule has 1 aliphatic rings. The van der Waals surface area contributed by atoms with Crippen molar-refractivity contribution < 1.29 is 30.3 Å². The number of aliphatic hydroxyl groups is 3. The van der Waals surface area contributed by atoms with Crippen LogP contribution in [0.4, 0.5) is 4.79 Å². The fourth-order valence-corrected chi connectivity index (χ4v) is 2.10. The van der Waals surface area contributed by atoms with Crippen molar-refractivity contribution in [2.24, 2.45) is 0 Å². The number of ether oxygens (including phenoxy) is 1. The highest BCUT2D eigenvalue weighted by molar-refractivity contribution is 5.69. The Bertz CT molecular complexity index is 627. The summed E-state index contributed by atoms with van der Waals surface area (Å²) in [6.45, 7) is 6.54. The fourth-order valence-electron chi connectivity index (χ4n) is 2.10. The van der Waals surface area contributed by atoms with Gasteiger partial charge in [0.05, 0.1) is 32.4 Å². The first-order valence-corrected chi connectivity index (χ1v) is 9.20. The van der Waals surface area contributed by atoms with Crippen LogP contribution in [-0.4, -0.2) is 56.6 Å². The first-order valence-electron chi connectivity index (χ1n) is 9.20. The summed E-state index contributed by atoms with van der Waals surface area (Å²) in [5.74, 6) is 0. The Morgan fingerprint density at radius 3 is 1.55 bits per heavy atom. The summed E-state index contributed by atoms with van der Waals surface area (Å²) in [6, 6.07) is 19.0. The number of hydrogen-bond acceptors (Lipinski definition) is 5. The molecule has 0 spiro atoms. The summed E-state index contributed by atoms with van der Waals surface area (Å²) < 4.78 is 5.07. The van der Waals surface area contributed by atoms with Crippen molar-refractivity contribution in [3.8, 4) is 0 Å². The Labute approximate surface area is 172 Å². The van der Waals surface area contributed by atoms with Gasteiger partial charge in [0.25, 0.3) is 0 Å². The highest BCUT2D eigenvalue weighted by Gasteiger charge is 2.32. The van der Waals surface area contributed by atoms with Gasteiger partial charge in [-0.2, -0.15) is 0 Å². The first kappa shape index (κ1) is 26.6. The topological polar surface area (TPSA) is 122 Å². The van der Waals surface area contributed by atoms with Gasteiger partial charge in [0.2, 0.25) is 0 Å². The summed E-state index contributed by atoms with van der Waals surface area (Å²) >= 11 is 0. The Morgan fingerprint density at radius 2 is 1.31 bits per heavy atom. The van der Waals surface area contributed by atoms with Gasteiger partial charge in [-0.3, -0.25) is 0 Å². The molecule has 1 aliphatic heterocycles. The number of carbonyl (C=O) groups is 1. The van der Waals surface area contributed by atoms with E-state index in [0.29, 0.717) is 13.1 Å². The Balaban J connectivity index is 0.000000411. The van der Waals surface area contributed by atoms with Crippen molar-refractivity contribution in [2.45, 2.75) is 45.7 Å². The number of nitrogens with zero attached hydrogens (tertiary/aromatic N) is 1. The van der Waals surface area contributed by atoms with E-state index in [0.717, 1.165) is 11.1 Å². The Morgan fingerprint density at radius 1 is 0.931 bits per heavy atom. The average molecular weight is 408 g/mol. The molecule has 0 atom stereocenters. The minimum absolute atomic E-state index is 0. The van der Waals surface area contributed by atoms with Crippen LogP contribution < -0.4 is 0 Å². The molecule has 1 amide bonds. The lowest BCUT2D eigenvalue weighted by Gasteiger charge is -2.36. The van der Waals surface area contributed by atoms with Crippen molar-refractivity contribution in [3.63, 3.8) is 0 Å². The van der Waals surface area contributed by atoms with E-state index in [2.05, 4.69) is 0 Å². The third kappa shape index (κ3) is 11.9. The van der Waals surface area contributed by atoms with Crippen molar-refractivity contribution in [1.29, 1.82) is 0 Å². The molecule has 1 fully saturated rings. The molecule has 2 aromatic rings. The Kier molecular flexibility index (Phi) is 12.5. The number of carbonyl (C=O) groups excluding carboxylic acids is 1. The predicted molar refractivity (Wildman–Crippen MR) is 112 cm³/mol. The normalized spacial score (nSPS) is 12.8. The molecule has 0 radical (unpaired) electrons. The lowest BCUT2D eigenvalue weighted by atomic mass is 10.2. The van der Waals surface area contributed by atoms with E-state index in [1.54, 1.807) is 0 Å². The summed E-state index contributed by atoms with van der Waals surface area (Å²) in [7, 11) is 0. The van der Waals surface area contributed by atoms with Crippen LogP contribution in [0.1, 0.15) is 31.9 Å². The van der Waals surface area contributed by atoms with Gasteiger partial charge in [-0.25, -0.2) is 4.79 Å². The van der Waals surface area contributed by atoms with Crippen LogP contribution in [0.25, 0.3) is 0 Å². The van der Waals surface area contributed by atoms with Crippen LogP contribution in [0.3, 0.4) is 0 Å². The summed E-state index contributed by atoms with van der Waals surface area (Å²) in [6.07, 6.45) is -0.703. The molecule has 0 saturated carbocycles. The highest BCUT2D eigenvalue weighted by Crippen LogP contribution is 2.14. The molecular weight excluding hydrogens is 374 g/mol. The number of rotatable bonds is 2. The fraction of sp³-hybridized carbons (Fsp3) is 0.409. The maximum atomic E-state index is 11.2. The van der Waals surface area contributed by atoms with Crippen molar-refractivity contribution in [2.75, 3.05) is 13.1 Å². The number of benzene rings is 2. The third-order valence-electron chi connectivity index (χ3n) is 3.56. The standard InChI is InChI=1S/C8H15NO3.2C7H8O.H2O/c1-8(2,3)12-7(11)9-4-6(10)5-9;2*8-6-7-4-2-1-3-5-7;/h6,10H,4-5H2,1-3H3;2*1-5,8H,6H2;1H2. The monoisotopic (exact) mass is 407 g/mol. The number of hydrogen-bond donors (Lipinski definition) is 3. The molecule has 7 nitrogen and oxygen atoms in total. The van der Waals surface area contributed by atoms with Crippen LogP contribution >= 0.6 is 0 Å². The molecule has 7 heteroatoms. The lowest BCUT2D eigenvalue weighted by Crippen LogP contribution is -2.54. The maximum Gasteiger partial charge on any atom is 0.410 e. The van der Waals surface area contributed by atoms with Crippen LogP contribution in [0.2, 0.25) is 0 Å². The first-order chi connectivity index (χ1) is 13.2. The van der Waals surface area contributed by atoms with Crippen molar-refractivity contribution >= 4 is 6.09 Å². The van der Waals surface area contributed by atoms with E-state index in [1.807, 2.05) is 81.4 Å². The van der Waals surface area contributed by atoms with Gasteiger partial charge in [0.1, 0.15) is 5.60 Å². The molecule has 29 heavy (non-hydrogen) atoms. The second kappa shape index (κ2) is 13.7. The lowest BCUT2D eigenvalue weighted by molar-refractivity contribution is -0.0303. The highest BCUT2D eigenvalue weighted by atomic mass is 16.6. The smallest absolute Gasteiger partial charge is 0.410 e. The summed E-state index contributed by atoms with van der Waals surface area (Å²) in [4.78, 5) is 12.7. The zero-order valence-corrected chi connectivity index (χ0v) is 17.3. The van der Waals surface area contributed by atoms with Crippen LogP contribution in [0, 0.1) is 0 Å². The molecule has 3 rings (SSSR count). The SMILES string of the molecule is CC(C)(C)OC(=O)N1CC(O)C1.O.OCc1ccccc1.OCc1ccccc1. The van der Waals surface area contributed by atoms with Gasteiger partial charge in [-0.05, 0) is 31.9 Å². The molecule has 5 N–H and O–H groups in total. The molecule has 2 aromatic carbocycles. The van der Waals surface area contributed by atoms with E-state index in [1.165, 1.54) is 4.90 Å². The second-order valence-corrected chi connectivity index (χ2v) is 7.33. The largest absolute Gasteiger partial charge is 0.444 e. The Hall–Kier alpha value is -2.45. The van der Waals surface area contributed by atoms with Gasteiger partial charge < -0.3 is 30.4 Å². The minimum Gasteiger partial charge on any atom is -0.444 e. The number of likely N-dealkylation sites (tertiary alicyclic amines) is 1. The molecular formula is C22H33NO6. The molecule has 1 saturated heterocycles. The average Bonchev–Trinajstić information content (AvgIpc) is 2.66. The quantitative estimate of drug-likeness (QED) is 0.704. The van der Waals surface area contributed by atoms with E-state index in [4.69, 9.17) is 20.1 Å². The second-order valence-electron chi connectivity index (χ2n) is 7.33. The van der Waals surface area contributed by atoms with Crippen molar-refractivity contribution in [3.05, 3.63) is 71.8 Å². The van der Waals surface area contributed by atoms with Gasteiger partial charge in [0.15, 0.2) is 0 Å². The third-order valence-corrected chi connectivity index (χ3v) is 3.56. The zero-order valence-electron chi connectivity index (χ0n) is 17.3. The van der Waals surface area contributed by atoms with Gasteiger partial charge in [-0.1, -0.05) is 60.7 Å². The molecule has 0 aromatic heterocycles. The van der Waals surface area contributed by atoms with Crippen LogP contribution in [0.5, 0.6) is 0 Å². The van der Waals surface area contributed by atoms with Crippen LogP contribution in [0.15, 0.2) is 60.7 Å². The molecule has 1 heterocycles. The number of aliphatic hydroxyl groups excluding tert-OH is 3. The van der Waals surface area contributed by atoms with Gasteiger partial charge in [0, 0.05) is 0 Å².